The van der Waals surface area contributed by atoms with Crippen LogP contribution in [0.3, 0.4) is 0 Å². The Hall–Kier alpha value is -3.23. The van der Waals surface area contributed by atoms with Crippen LogP contribution in [0.15, 0.2) is 28.8 Å². The number of hydrogen-bond donors (Lipinski definition) is 2. The number of hydrogen-bond acceptors (Lipinski definition) is 7. The van der Waals surface area contributed by atoms with E-state index in [4.69, 9.17) is 9.26 Å². The van der Waals surface area contributed by atoms with Crippen molar-refractivity contribution in [2.24, 2.45) is 0 Å². The molecule has 2 heterocycles. The number of H-pyrrole nitrogens is 1. The van der Waals surface area contributed by atoms with Crippen molar-refractivity contribution in [2.45, 2.75) is 38.5 Å². The highest BCUT2D eigenvalue weighted by Gasteiger charge is 2.30. The molecule has 0 saturated carbocycles. The lowest BCUT2D eigenvalue weighted by molar-refractivity contribution is -0.115. The number of para-hydroxylation sites is 2. The Morgan fingerprint density at radius 1 is 1.37 bits per heavy atom. The third-order valence-electron chi connectivity index (χ3n) is 4.45. The average molecular weight is 368 g/mol. The van der Waals surface area contributed by atoms with Crippen molar-refractivity contribution in [3.8, 4) is 5.75 Å². The summed E-state index contributed by atoms with van der Waals surface area (Å²) < 4.78 is 10.9. The van der Waals surface area contributed by atoms with E-state index < -0.39 is 0 Å². The number of fused-ring (bicyclic) bond motifs is 1. The van der Waals surface area contributed by atoms with E-state index in [0.29, 0.717) is 29.8 Å². The molecule has 2 aromatic heterocycles. The van der Waals surface area contributed by atoms with Crippen LogP contribution >= 0.6 is 0 Å². The molecular formula is C18H20N6O3. The maximum Gasteiger partial charge on any atom is 0.235 e. The maximum absolute atomic E-state index is 12.4. The van der Waals surface area contributed by atoms with Crippen LogP contribution in [-0.4, -0.2) is 38.1 Å². The van der Waals surface area contributed by atoms with Crippen molar-refractivity contribution < 1.29 is 14.1 Å². The Morgan fingerprint density at radius 2 is 2.26 bits per heavy atom. The smallest absolute Gasteiger partial charge is 0.235 e. The summed E-state index contributed by atoms with van der Waals surface area (Å²) in [6.07, 6.45) is 2.76. The first-order valence-electron chi connectivity index (χ1n) is 8.98. The second-order valence-corrected chi connectivity index (χ2v) is 6.30. The van der Waals surface area contributed by atoms with Gasteiger partial charge < -0.3 is 14.6 Å². The van der Waals surface area contributed by atoms with Crippen LogP contribution < -0.4 is 10.1 Å². The number of rotatable bonds is 6. The molecule has 1 aliphatic carbocycles. The maximum atomic E-state index is 12.4. The lowest BCUT2D eigenvalue weighted by atomic mass is 9.90. The molecule has 2 N–H and O–H groups in total. The zero-order chi connectivity index (χ0) is 18.6. The third kappa shape index (κ3) is 3.67. The average Bonchev–Trinajstić information content (AvgIpc) is 3.32. The molecule has 0 bridgehead atoms. The number of nitrogens with zero attached hydrogens (tertiary/aromatic N) is 4. The molecule has 1 amide bonds. The zero-order valence-electron chi connectivity index (χ0n) is 14.9. The van der Waals surface area contributed by atoms with Crippen molar-refractivity contribution in [1.29, 1.82) is 0 Å². The lowest BCUT2D eigenvalue weighted by Gasteiger charge is -2.15. The number of carbonyl (C=O) groups excluding carboxylic acids is 1. The van der Waals surface area contributed by atoms with E-state index in [9.17, 15) is 4.79 Å². The van der Waals surface area contributed by atoms with Gasteiger partial charge in [-0.15, -0.1) is 0 Å². The van der Waals surface area contributed by atoms with E-state index in [2.05, 4.69) is 30.9 Å². The molecule has 4 rings (SSSR count). The monoisotopic (exact) mass is 368 g/mol. The van der Waals surface area contributed by atoms with Gasteiger partial charge in [-0.2, -0.15) is 20.4 Å². The summed E-state index contributed by atoms with van der Waals surface area (Å²) in [4.78, 5) is 16.8. The van der Waals surface area contributed by atoms with Gasteiger partial charge in [0.2, 0.25) is 11.8 Å². The Bertz CT molecular complexity index is 935. The van der Waals surface area contributed by atoms with E-state index in [1.807, 2.05) is 25.1 Å². The fourth-order valence-corrected chi connectivity index (χ4v) is 3.24. The summed E-state index contributed by atoms with van der Waals surface area (Å²) in [6, 6.07) is 7.29. The van der Waals surface area contributed by atoms with Crippen LogP contribution in [0.25, 0.3) is 0 Å². The lowest BCUT2D eigenvalue weighted by Crippen LogP contribution is -2.16. The predicted octanol–water partition coefficient (Wildman–Crippen LogP) is 2.24. The first kappa shape index (κ1) is 17.2. The van der Waals surface area contributed by atoms with Gasteiger partial charge in [-0.3, -0.25) is 4.79 Å². The van der Waals surface area contributed by atoms with Crippen molar-refractivity contribution in [3.05, 3.63) is 47.4 Å². The molecule has 27 heavy (non-hydrogen) atoms. The van der Waals surface area contributed by atoms with Gasteiger partial charge >= 0.3 is 0 Å². The van der Waals surface area contributed by atoms with Crippen molar-refractivity contribution in [2.75, 3.05) is 11.9 Å². The number of aryl methyl sites for hydroxylation is 1. The van der Waals surface area contributed by atoms with Crippen molar-refractivity contribution >= 4 is 11.6 Å². The predicted molar refractivity (Wildman–Crippen MR) is 95.4 cm³/mol. The van der Waals surface area contributed by atoms with E-state index in [-0.39, 0.29) is 18.2 Å². The van der Waals surface area contributed by atoms with Gasteiger partial charge in [0.1, 0.15) is 5.75 Å². The molecule has 1 aliphatic rings. The molecule has 0 saturated heterocycles. The molecule has 140 valence electrons. The summed E-state index contributed by atoms with van der Waals surface area (Å²) in [5.41, 5.74) is 2.41. The topological polar surface area (TPSA) is 119 Å². The molecule has 0 radical (unpaired) electrons. The van der Waals surface area contributed by atoms with E-state index in [1.165, 1.54) is 0 Å². The highest BCUT2D eigenvalue weighted by molar-refractivity contribution is 5.93. The summed E-state index contributed by atoms with van der Waals surface area (Å²) in [7, 11) is 0. The summed E-state index contributed by atoms with van der Waals surface area (Å²) in [6.45, 7) is 2.41. The van der Waals surface area contributed by atoms with Crippen LogP contribution in [0.1, 0.15) is 48.8 Å². The molecule has 0 fully saturated rings. The number of amides is 1. The second kappa shape index (κ2) is 7.56. The molecule has 9 nitrogen and oxygen atoms in total. The van der Waals surface area contributed by atoms with Crippen LogP contribution in [-0.2, 0) is 17.6 Å². The Labute approximate surface area is 155 Å². The number of carbonyl (C=O) groups is 1. The Balaban J connectivity index is 1.44. The van der Waals surface area contributed by atoms with Crippen LogP contribution in [0, 0.1) is 0 Å². The number of ether oxygens (including phenoxy) is 1. The highest BCUT2D eigenvalue weighted by Crippen LogP contribution is 2.33. The molecular weight excluding hydrogens is 348 g/mol. The first-order chi connectivity index (χ1) is 13.2. The summed E-state index contributed by atoms with van der Waals surface area (Å²) in [5, 5.41) is 17.8. The SMILES string of the molecule is CCOc1ccccc1NC(=O)Cc1noc(C2CCCc3n[nH]nc32)n1. The van der Waals surface area contributed by atoms with Crippen LogP contribution in [0.4, 0.5) is 5.69 Å². The summed E-state index contributed by atoms with van der Waals surface area (Å²) >= 11 is 0. The number of anilines is 1. The van der Waals surface area contributed by atoms with E-state index in [0.717, 1.165) is 30.7 Å². The minimum atomic E-state index is -0.236. The largest absolute Gasteiger partial charge is 0.492 e. The minimum Gasteiger partial charge on any atom is -0.492 e. The fourth-order valence-electron chi connectivity index (χ4n) is 3.24. The van der Waals surface area contributed by atoms with Crippen LogP contribution in [0.2, 0.25) is 0 Å². The molecule has 1 aromatic carbocycles. The van der Waals surface area contributed by atoms with Gasteiger partial charge in [-0.1, -0.05) is 17.3 Å². The van der Waals surface area contributed by atoms with Gasteiger partial charge in [0, 0.05) is 0 Å². The van der Waals surface area contributed by atoms with Gasteiger partial charge in [0.15, 0.2) is 5.82 Å². The first-order valence-corrected chi connectivity index (χ1v) is 8.98. The number of nitrogens with one attached hydrogen (secondary N) is 2. The number of aromatic amines is 1. The van der Waals surface area contributed by atoms with E-state index in [1.54, 1.807) is 6.07 Å². The van der Waals surface area contributed by atoms with Gasteiger partial charge in [-0.05, 0) is 38.3 Å². The van der Waals surface area contributed by atoms with Crippen molar-refractivity contribution in [1.82, 2.24) is 25.6 Å². The quantitative estimate of drug-likeness (QED) is 0.685. The molecule has 0 aliphatic heterocycles. The standard InChI is InChI=1S/C18H20N6O3/c1-2-26-14-9-4-3-7-12(14)19-16(25)10-15-20-18(27-23-15)11-6-5-8-13-17(11)22-24-21-13/h3-4,7,9,11H,2,5-6,8,10H2,1H3,(H,19,25)(H,21,22,24). The number of aromatic nitrogens is 5. The van der Waals surface area contributed by atoms with E-state index >= 15 is 0 Å². The molecule has 1 atom stereocenters. The van der Waals surface area contributed by atoms with Crippen molar-refractivity contribution in [3.63, 3.8) is 0 Å². The number of benzene rings is 1. The fraction of sp³-hybridized carbons (Fsp3) is 0.389. The zero-order valence-corrected chi connectivity index (χ0v) is 14.9. The molecule has 0 spiro atoms. The molecule has 9 heteroatoms. The Morgan fingerprint density at radius 3 is 3.15 bits per heavy atom. The highest BCUT2D eigenvalue weighted by atomic mass is 16.5. The van der Waals surface area contributed by atoms with Gasteiger partial charge in [0.25, 0.3) is 0 Å². The Kier molecular flexibility index (Phi) is 4.82. The second-order valence-electron chi connectivity index (χ2n) is 6.30. The summed E-state index contributed by atoms with van der Waals surface area (Å²) in [5.74, 6) is 1.13. The molecule has 3 aromatic rings. The normalized spacial score (nSPS) is 16.0. The molecule has 1 unspecified atom stereocenters. The van der Waals surface area contributed by atoms with Gasteiger partial charge in [-0.25, -0.2) is 0 Å². The third-order valence-corrected chi connectivity index (χ3v) is 4.45. The minimum absolute atomic E-state index is 0.0162. The van der Waals surface area contributed by atoms with Gasteiger partial charge in [0.05, 0.1) is 36.0 Å². The van der Waals surface area contributed by atoms with Crippen LogP contribution in [0.5, 0.6) is 5.75 Å².